The van der Waals surface area contributed by atoms with Crippen molar-refractivity contribution in [1.82, 2.24) is 20.2 Å². The van der Waals surface area contributed by atoms with E-state index < -0.39 is 0 Å². The number of aromatic nitrogens is 4. The van der Waals surface area contributed by atoms with Crippen LogP contribution in [0.1, 0.15) is 12.5 Å². The second kappa shape index (κ2) is 5.26. The van der Waals surface area contributed by atoms with Crippen molar-refractivity contribution in [1.29, 1.82) is 0 Å². The fourth-order valence-corrected chi connectivity index (χ4v) is 1.74. The van der Waals surface area contributed by atoms with Crippen molar-refractivity contribution < 1.29 is 4.79 Å². The van der Waals surface area contributed by atoms with Crippen molar-refractivity contribution in [2.24, 2.45) is 7.05 Å². The van der Waals surface area contributed by atoms with E-state index in [1.165, 1.54) is 16.6 Å². The molecule has 6 nitrogen and oxygen atoms in total. The predicted octanol–water partition coefficient (Wildman–Crippen LogP) is 1.53. The van der Waals surface area contributed by atoms with Crippen LogP contribution in [0.3, 0.4) is 0 Å². The Bertz CT molecular complexity index is 551. The normalized spacial score (nSPS) is 10.4. The maximum atomic E-state index is 11.6. The Hall–Kier alpha value is -1.76. The number of benzene rings is 1. The second-order valence-corrected chi connectivity index (χ2v) is 4.73. The van der Waals surface area contributed by atoms with E-state index >= 15 is 0 Å². The van der Waals surface area contributed by atoms with Gasteiger partial charge in [-0.25, -0.2) is 0 Å². The summed E-state index contributed by atoms with van der Waals surface area (Å²) < 4.78 is 0.998. The molecule has 0 fully saturated rings. The first-order chi connectivity index (χ1) is 8.56. The Morgan fingerprint density at radius 1 is 1.39 bits per heavy atom. The van der Waals surface area contributed by atoms with Crippen LogP contribution in [0, 0.1) is 0 Å². The van der Waals surface area contributed by atoms with E-state index in [-0.39, 0.29) is 5.91 Å². The molecule has 2 aromatic rings. The topological polar surface area (TPSA) is 63.9 Å². The van der Waals surface area contributed by atoms with Crippen molar-refractivity contribution in [2.45, 2.75) is 13.5 Å². The van der Waals surface area contributed by atoms with Gasteiger partial charge in [0.1, 0.15) is 0 Å². The molecule has 0 N–H and O–H groups in total. The van der Waals surface area contributed by atoms with Gasteiger partial charge in [-0.1, -0.05) is 33.2 Å². The van der Waals surface area contributed by atoms with Crippen LogP contribution in [0.2, 0.25) is 0 Å². The lowest BCUT2D eigenvalue weighted by molar-refractivity contribution is -0.116. The zero-order valence-corrected chi connectivity index (χ0v) is 11.6. The fraction of sp³-hybridized carbons (Fsp3) is 0.273. The van der Waals surface area contributed by atoms with E-state index in [0.29, 0.717) is 12.5 Å². The van der Waals surface area contributed by atoms with Gasteiger partial charge in [0.25, 0.3) is 5.95 Å². The van der Waals surface area contributed by atoms with E-state index in [9.17, 15) is 4.79 Å². The maximum Gasteiger partial charge on any atom is 0.272 e. The standard InChI is InChI=1S/C11H12BrN5O/c1-8(18)17(11-13-15-16(2)14-11)7-9-3-5-10(12)6-4-9/h3-6H,7H2,1-2H3. The molecule has 94 valence electrons. The molecule has 0 atom stereocenters. The van der Waals surface area contributed by atoms with Gasteiger partial charge >= 0.3 is 0 Å². The molecule has 18 heavy (non-hydrogen) atoms. The molecule has 1 aromatic heterocycles. The summed E-state index contributed by atoms with van der Waals surface area (Å²) >= 11 is 3.37. The molecule has 0 saturated heterocycles. The van der Waals surface area contributed by atoms with E-state index in [1.54, 1.807) is 7.05 Å². The number of hydrogen-bond donors (Lipinski definition) is 0. The third-order valence-corrected chi connectivity index (χ3v) is 2.90. The van der Waals surface area contributed by atoms with Crippen LogP contribution in [0.4, 0.5) is 5.95 Å². The van der Waals surface area contributed by atoms with Gasteiger partial charge in [0.15, 0.2) is 0 Å². The average Bonchev–Trinajstić information content (AvgIpc) is 2.74. The van der Waals surface area contributed by atoms with Gasteiger partial charge in [-0.2, -0.15) is 4.80 Å². The summed E-state index contributed by atoms with van der Waals surface area (Å²) in [5, 5.41) is 11.6. The highest BCUT2D eigenvalue weighted by atomic mass is 79.9. The van der Waals surface area contributed by atoms with Gasteiger partial charge in [-0.15, -0.1) is 5.10 Å². The highest BCUT2D eigenvalue weighted by molar-refractivity contribution is 9.10. The Kier molecular flexibility index (Phi) is 3.71. The number of carbonyl (C=O) groups excluding carboxylic acids is 1. The third kappa shape index (κ3) is 2.92. The van der Waals surface area contributed by atoms with Crippen molar-refractivity contribution in [2.75, 3.05) is 4.90 Å². The van der Waals surface area contributed by atoms with Gasteiger partial charge in [-0.3, -0.25) is 9.69 Å². The number of tetrazole rings is 1. The smallest absolute Gasteiger partial charge is 0.272 e. The Labute approximate surface area is 113 Å². The summed E-state index contributed by atoms with van der Waals surface area (Å²) in [7, 11) is 1.66. The molecule has 0 unspecified atom stereocenters. The molecular formula is C11H12BrN5O. The molecule has 0 spiro atoms. The molecule has 0 aliphatic heterocycles. The zero-order valence-electron chi connectivity index (χ0n) is 10.0. The summed E-state index contributed by atoms with van der Waals surface area (Å²) in [5.74, 6) is 0.193. The van der Waals surface area contributed by atoms with Crippen LogP contribution in [-0.2, 0) is 18.4 Å². The average molecular weight is 310 g/mol. The van der Waals surface area contributed by atoms with E-state index in [4.69, 9.17) is 0 Å². The Morgan fingerprint density at radius 2 is 2.06 bits per heavy atom. The highest BCUT2D eigenvalue weighted by Gasteiger charge is 2.16. The van der Waals surface area contributed by atoms with Gasteiger partial charge in [-0.05, 0) is 22.9 Å². The number of carbonyl (C=O) groups is 1. The van der Waals surface area contributed by atoms with Gasteiger partial charge < -0.3 is 0 Å². The largest absolute Gasteiger partial charge is 0.275 e. The first kappa shape index (κ1) is 12.7. The number of halogens is 1. The Balaban J connectivity index is 2.22. The molecule has 0 aliphatic carbocycles. The van der Waals surface area contributed by atoms with Crippen molar-refractivity contribution in [3.63, 3.8) is 0 Å². The molecule has 1 amide bonds. The predicted molar refractivity (Wildman–Crippen MR) is 69.8 cm³/mol. The first-order valence-corrected chi connectivity index (χ1v) is 6.12. The zero-order chi connectivity index (χ0) is 13.1. The SMILES string of the molecule is CC(=O)N(Cc1ccc(Br)cc1)c1nnn(C)n1. The van der Waals surface area contributed by atoms with Crippen LogP contribution in [0.25, 0.3) is 0 Å². The lowest BCUT2D eigenvalue weighted by atomic mass is 10.2. The minimum atomic E-state index is -0.120. The molecule has 0 aliphatic rings. The summed E-state index contributed by atoms with van der Waals surface area (Å²) in [4.78, 5) is 14.4. The minimum absolute atomic E-state index is 0.120. The molecule has 1 aromatic carbocycles. The number of rotatable bonds is 3. The fourth-order valence-electron chi connectivity index (χ4n) is 1.48. The molecule has 0 bridgehead atoms. The molecule has 1 heterocycles. The van der Waals surface area contributed by atoms with Crippen LogP contribution in [0.5, 0.6) is 0 Å². The van der Waals surface area contributed by atoms with Gasteiger partial charge in [0, 0.05) is 11.4 Å². The number of hydrogen-bond acceptors (Lipinski definition) is 4. The van der Waals surface area contributed by atoms with Crippen molar-refractivity contribution in [3.05, 3.63) is 34.3 Å². The quantitative estimate of drug-likeness (QED) is 0.862. The summed E-state index contributed by atoms with van der Waals surface area (Å²) in [6, 6.07) is 7.74. The molecule has 0 radical (unpaired) electrons. The van der Waals surface area contributed by atoms with Crippen LogP contribution in [-0.4, -0.2) is 26.1 Å². The number of anilines is 1. The second-order valence-electron chi connectivity index (χ2n) is 3.81. The molecule has 2 rings (SSSR count). The third-order valence-electron chi connectivity index (χ3n) is 2.37. The highest BCUT2D eigenvalue weighted by Crippen LogP contribution is 2.14. The molecular weight excluding hydrogens is 298 g/mol. The Morgan fingerprint density at radius 3 is 2.56 bits per heavy atom. The lowest BCUT2D eigenvalue weighted by Crippen LogP contribution is -2.29. The van der Waals surface area contributed by atoms with Gasteiger partial charge in [0.2, 0.25) is 5.91 Å². The monoisotopic (exact) mass is 309 g/mol. The lowest BCUT2D eigenvalue weighted by Gasteiger charge is -2.16. The number of nitrogens with zero attached hydrogens (tertiary/aromatic N) is 5. The molecule has 7 heteroatoms. The maximum absolute atomic E-state index is 11.6. The van der Waals surface area contributed by atoms with Crippen LogP contribution in [0.15, 0.2) is 28.7 Å². The van der Waals surface area contributed by atoms with E-state index in [2.05, 4.69) is 31.3 Å². The van der Waals surface area contributed by atoms with Gasteiger partial charge in [0.05, 0.1) is 13.6 Å². The molecule has 0 saturated carbocycles. The van der Waals surface area contributed by atoms with Crippen molar-refractivity contribution >= 4 is 27.8 Å². The summed E-state index contributed by atoms with van der Waals surface area (Å²) in [5.41, 5.74) is 1.00. The van der Waals surface area contributed by atoms with E-state index in [0.717, 1.165) is 10.0 Å². The van der Waals surface area contributed by atoms with E-state index in [1.807, 2.05) is 24.3 Å². The van der Waals surface area contributed by atoms with Crippen molar-refractivity contribution in [3.8, 4) is 0 Å². The van der Waals surface area contributed by atoms with Crippen LogP contribution >= 0.6 is 15.9 Å². The summed E-state index contributed by atoms with van der Waals surface area (Å²) in [6.07, 6.45) is 0. The number of amides is 1. The van der Waals surface area contributed by atoms with Crippen LogP contribution < -0.4 is 4.90 Å². The minimum Gasteiger partial charge on any atom is -0.275 e. The first-order valence-electron chi connectivity index (χ1n) is 5.33. The summed E-state index contributed by atoms with van der Waals surface area (Å²) in [6.45, 7) is 1.91. The number of aryl methyl sites for hydroxylation is 1.